The van der Waals surface area contributed by atoms with Gasteiger partial charge in [0.15, 0.2) is 0 Å². The molecule has 3 aromatic rings. The summed E-state index contributed by atoms with van der Waals surface area (Å²) in [5, 5.41) is -7.53. The van der Waals surface area contributed by atoms with Crippen molar-refractivity contribution in [2.24, 2.45) is 0 Å². The average Bonchev–Trinajstić information content (AvgIpc) is 3.04. The van der Waals surface area contributed by atoms with Gasteiger partial charge in [0.05, 0.1) is 0 Å². The first-order chi connectivity index (χ1) is 22.0. The van der Waals surface area contributed by atoms with E-state index in [1.54, 1.807) is 0 Å². The number of alkyl halides is 13. The highest BCUT2D eigenvalue weighted by Gasteiger charge is 2.93. The quantitative estimate of drug-likeness (QED) is 0.184. The van der Waals surface area contributed by atoms with Crippen LogP contribution in [-0.4, -0.2) is 43.5 Å². The van der Waals surface area contributed by atoms with Crippen LogP contribution in [0.1, 0.15) is 43.6 Å². The van der Waals surface area contributed by atoms with Crippen LogP contribution in [0, 0.1) is 0 Å². The molecule has 0 saturated heterocycles. The molecule has 3 nitrogen and oxygen atoms in total. The maximum atomic E-state index is 15.3. The number of hydrogen-bond donors (Lipinski definition) is 0. The van der Waals surface area contributed by atoms with Crippen LogP contribution >= 0.6 is 10.3 Å². The second-order valence-electron chi connectivity index (χ2n) is 10.9. The van der Waals surface area contributed by atoms with Gasteiger partial charge in [-0.05, 0) is 71.0 Å². The van der Waals surface area contributed by atoms with E-state index in [0.29, 0.717) is 0 Å². The van der Waals surface area contributed by atoms with Crippen molar-refractivity contribution < 1.29 is 69.1 Å². The monoisotopic (exact) mass is 744 g/mol. The molecule has 1 aliphatic carbocycles. The standard InChI is InChI=1S/C30H25F13O3S2/c31-25(32,27(35,36)29(39,40)41)26(33,34)28(37,38)30(42,43)48(44,45)46-47(22-12-6-2-7-13-22,23-14-8-3-9-15-23)24-18-16-21(17-19-24)20-10-4-1-5-11-20/h2-3,6-9,12-20H,1,4-5,10-11H2. The Kier molecular flexibility index (Phi) is 10.0. The zero-order chi connectivity index (χ0) is 36.0. The van der Waals surface area contributed by atoms with Crippen molar-refractivity contribution in [1.29, 1.82) is 0 Å². The summed E-state index contributed by atoms with van der Waals surface area (Å²) in [5.74, 6) is -32.7. The van der Waals surface area contributed by atoms with E-state index in [4.69, 9.17) is 3.63 Å². The van der Waals surface area contributed by atoms with Gasteiger partial charge in [-0.3, -0.25) is 0 Å². The van der Waals surface area contributed by atoms with E-state index in [9.17, 15) is 56.7 Å². The molecule has 0 bridgehead atoms. The molecule has 0 atom stereocenters. The lowest BCUT2D eigenvalue weighted by atomic mass is 9.84. The van der Waals surface area contributed by atoms with E-state index in [0.717, 1.165) is 61.9 Å². The molecule has 0 unspecified atom stereocenters. The molecule has 266 valence electrons. The molecular weight excluding hydrogens is 719 g/mol. The maximum Gasteiger partial charge on any atom is 0.460 e. The summed E-state index contributed by atoms with van der Waals surface area (Å²) in [6, 6.07) is 17.5. The number of benzene rings is 3. The Hall–Kier alpha value is -2.99. The third-order valence-corrected chi connectivity index (χ3v) is 13.1. The van der Waals surface area contributed by atoms with Crippen LogP contribution < -0.4 is 0 Å². The zero-order valence-corrected chi connectivity index (χ0v) is 25.8. The lowest BCUT2D eigenvalue weighted by molar-refractivity contribution is -0.433. The highest BCUT2D eigenvalue weighted by Crippen LogP contribution is 2.72. The van der Waals surface area contributed by atoms with E-state index in [-0.39, 0.29) is 20.6 Å². The molecule has 0 spiro atoms. The fourth-order valence-electron chi connectivity index (χ4n) is 5.21. The molecule has 3 aromatic carbocycles. The minimum absolute atomic E-state index is 0.0389. The summed E-state index contributed by atoms with van der Waals surface area (Å²) in [6.45, 7) is 0. The van der Waals surface area contributed by atoms with Crippen LogP contribution in [0.15, 0.2) is 99.6 Å². The Morgan fingerprint density at radius 3 is 1.31 bits per heavy atom. The van der Waals surface area contributed by atoms with Crippen LogP contribution in [0.2, 0.25) is 0 Å². The molecule has 0 aliphatic heterocycles. The lowest BCUT2D eigenvalue weighted by Gasteiger charge is -2.42. The highest BCUT2D eigenvalue weighted by molar-refractivity contribution is 8.33. The van der Waals surface area contributed by atoms with Gasteiger partial charge in [0.1, 0.15) is 0 Å². The Labute approximate surface area is 267 Å². The van der Waals surface area contributed by atoms with Crippen LogP contribution in [-0.2, 0) is 13.7 Å². The van der Waals surface area contributed by atoms with E-state index in [1.807, 2.05) is 0 Å². The van der Waals surface area contributed by atoms with Crippen LogP contribution in [0.4, 0.5) is 57.1 Å². The Balaban J connectivity index is 1.93. The SMILES string of the molecule is O=S(=O)(OS(c1ccccc1)(c1ccccc1)c1ccc(C2CCCCC2)cc1)C(F)(F)C(F)(F)C(F)(F)C(F)(F)C(F)(F)C(F)(F)F. The first-order valence-corrected chi connectivity index (χ1v) is 16.9. The van der Waals surface area contributed by atoms with Gasteiger partial charge in [0, 0.05) is 14.7 Å². The summed E-state index contributed by atoms with van der Waals surface area (Å²) in [5.41, 5.74) is 0.722. The molecule has 0 radical (unpaired) electrons. The largest absolute Gasteiger partial charge is 0.460 e. The van der Waals surface area contributed by atoms with E-state index < -0.39 is 55.5 Å². The van der Waals surface area contributed by atoms with Gasteiger partial charge >= 0.3 is 45.2 Å². The third-order valence-electron chi connectivity index (χ3n) is 7.85. The molecule has 0 aromatic heterocycles. The second-order valence-corrected chi connectivity index (χ2v) is 15.4. The zero-order valence-electron chi connectivity index (χ0n) is 24.2. The smallest absolute Gasteiger partial charge is 0.202 e. The minimum atomic E-state index is -8.32. The van der Waals surface area contributed by atoms with Gasteiger partial charge in [0.25, 0.3) is 0 Å². The second kappa shape index (κ2) is 12.7. The molecule has 48 heavy (non-hydrogen) atoms. The molecule has 0 heterocycles. The van der Waals surface area contributed by atoms with Gasteiger partial charge in [-0.25, -0.2) is 3.63 Å². The predicted molar refractivity (Wildman–Crippen MR) is 148 cm³/mol. The predicted octanol–water partition coefficient (Wildman–Crippen LogP) is 11.0. The molecule has 4 rings (SSSR count). The summed E-state index contributed by atoms with van der Waals surface area (Å²) < 4.78 is 212. The molecule has 1 fully saturated rings. The number of hydrogen-bond acceptors (Lipinski definition) is 3. The molecule has 0 N–H and O–H groups in total. The molecule has 1 saturated carbocycles. The molecular formula is C30H25F13O3S2. The van der Waals surface area contributed by atoms with Crippen LogP contribution in [0.25, 0.3) is 0 Å². The Bertz CT molecular complexity index is 1620. The summed E-state index contributed by atoms with van der Waals surface area (Å²) in [6.07, 6.45) is -3.35. The van der Waals surface area contributed by atoms with Crippen molar-refractivity contribution in [2.45, 2.75) is 87.8 Å². The van der Waals surface area contributed by atoms with E-state index >= 15 is 8.78 Å². The molecule has 18 heteroatoms. The normalized spacial score (nSPS) is 16.9. The van der Waals surface area contributed by atoms with Crippen molar-refractivity contribution >= 4 is 20.4 Å². The number of rotatable bonds is 11. The topological polar surface area (TPSA) is 43.4 Å². The van der Waals surface area contributed by atoms with Crippen molar-refractivity contribution in [2.75, 3.05) is 0 Å². The van der Waals surface area contributed by atoms with Gasteiger partial charge in [-0.15, -0.1) is 0 Å². The van der Waals surface area contributed by atoms with Gasteiger partial charge in [-0.2, -0.15) is 65.5 Å². The van der Waals surface area contributed by atoms with Crippen molar-refractivity contribution in [3.8, 4) is 0 Å². The molecule has 0 amide bonds. The minimum Gasteiger partial charge on any atom is -0.202 e. The van der Waals surface area contributed by atoms with Gasteiger partial charge in [0.2, 0.25) is 0 Å². The van der Waals surface area contributed by atoms with Crippen LogP contribution in [0.3, 0.4) is 0 Å². The van der Waals surface area contributed by atoms with E-state index in [2.05, 4.69) is 0 Å². The first kappa shape index (κ1) is 37.8. The van der Waals surface area contributed by atoms with E-state index in [1.165, 1.54) is 60.7 Å². The fourth-order valence-corrected chi connectivity index (χ4v) is 10.4. The molecule has 1 aliphatic rings. The van der Waals surface area contributed by atoms with Crippen LogP contribution in [0.5, 0.6) is 0 Å². The highest BCUT2D eigenvalue weighted by atomic mass is 32.3. The van der Waals surface area contributed by atoms with Crippen molar-refractivity contribution in [3.63, 3.8) is 0 Å². The van der Waals surface area contributed by atoms with Gasteiger partial charge in [-0.1, -0.05) is 67.8 Å². The maximum absolute atomic E-state index is 15.3. The van der Waals surface area contributed by atoms with Crippen molar-refractivity contribution in [1.82, 2.24) is 0 Å². The van der Waals surface area contributed by atoms with Crippen molar-refractivity contribution in [3.05, 3.63) is 90.5 Å². The average molecular weight is 745 g/mol. The van der Waals surface area contributed by atoms with Gasteiger partial charge < -0.3 is 0 Å². The third kappa shape index (κ3) is 5.94. The summed E-state index contributed by atoms with van der Waals surface area (Å²) in [4.78, 5) is -0.919. The Morgan fingerprint density at radius 2 is 0.896 bits per heavy atom. The first-order valence-electron chi connectivity index (χ1n) is 13.9. The number of halogens is 13. The summed E-state index contributed by atoms with van der Waals surface area (Å²) >= 11 is 0. The fraction of sp³-hybridized carbons (Fsp3) is 0.400. The lowest BCUT2D eigenvalue weighted by Crippen LogP contribution is -2.71. The summed E-state index contributed by atoms with van der Waals surface area (Å²) in [7, 11) is -11.9. The Morgan fingerprint density at radius 1 is 0.500 bits per heavy atom.